The van der Waals surface area contributed by atoms with Gasteiger partial charge in [0.05, 0.1) is 7.11 Å². The van der Waals surface area contributed by atoms with Crippen LogP contribution >= 0.6 is 12.2 Å². The van der Waals surface area contributed by atoms with Crippen LogP contribution in [-0.4, -0.2) is 27.8 Å². The van der Waals surface area contributed by atoms with E-state index in [1.165, 1.54) is 0 Å². The minimum atomic E-state index is -0.119. The Kier molecular flexibility index (Phi) is 6.85. The molecule has 0 radical (unpaired) electrons. The zero-order valence-electron chi connectivity index (χ0n) is 18.4. The highest BCUT2D eigenvalue weighted by Crippen LogP contribution is 2.31. The van der Waals surface area contributed by atoms with Crippen LogP contribution in [-0.2, 0) is 11.3 Å². The average Bonchev–Trinajstić information content (AvgIpc) is 3.20. The number of amides is 1. The molecule has 1 amide bonds. The topological polar surface area (TPSA) is 81.2 Å². The molecular formula is C25H24N4O3S. The van der Waals surface area contributed by atoms with E-state index in [1.54, 1.807) is 31.4 Å². The van der Waals surface area contributed by atoms with Crippen LogP contribution in [0.3, 0.4) is 0 Å². The van der Waals surface area contributed by atoms with Crippen molar-refractivity contribution in [2.24, 2.45) is 0 Å². The quantitative estimate of drug-likeness (QED) is 0.328. The first kappa shape index (κ1) is 22.3. The first-order chi connectivity index (χ1) is 16.0. The summed E-state index contributed by atoms with van der Waals surface area (Å²) in [6, 6.07) is 22.6. The molecule has 0 unspecified atom stereocenters. The number of nitrogens with one attached hydrogen (secondary N) is 2. The predicted molar refractivity (Wildman–Crippen MR) is 130 cm³/mol. The molecule has 1 aromatic heterocycles. The van der Waals surface area contributed by atoms with E-state index in [1.807, 2.05) is 60.0 Å². The second kappa shape index (κ2) is 10.1. The van der Waals surface area contributed by atoms with Gasteiger partial charge in [0, 0.05) is 24.2 Å². The summed E-state index contributed by atoms with van der Waals surface area (Å²) >= 11 is 5.36. The number of hydrogen-bond acceptors (Lipinski definition) is 5. The first-order valence-electron chi connectivity index (χ1n) is 10.5. The normalized spacial score (nSPS) is 10.6. The van der Waals surface area contributed by atoms with Crippen molar-refractivity contribution in [2.45, 2.75) is 19.9 Å². The number of nitrogens with zero attached hydrogens (tertiary/aromatic N) is 2. The van der Waals surface area contributed by atoms with Gasteiger partial charge in [-0.2, -0.15) is 5.10 Å². The maximum Gasteiger partial charge on any atom is 0.226 e. The minimum Gasteiger partial charge on any atom is -0.493 e. The number of anilines is 1. The third-order valence-electron chi connectivity index (χ3n) is 5.07. The van der Waals surface area contributed by atoms with Crippen LogP contribution in [0.4, 0.5) is 5.69 Å². The minimum absolute atomic E-state index is 0.119. The lowest BCUT2D eigenvalue weighted by Crippen LogP contribution is -2.15. The molecule has 0 fully saturated rings. The fourth-order valence-electron chi connectivity index (χ4n) is 3.32. The Morgan fingerprint density at radius 3 is 2.42 bits per heavy atom. The maximum absolute atomic E-state index is 12.5. The van der Waals surface area contributed by atoms with Crippen molar-refractivity contribution >= 4 is 23.8 Å². The zero-order valence-corrected chi connectivity index (χ0v) is 19.2. The van der Waals surface area contributed by atoms with Gasteiger partial charge in [0.25, 0.3) is 0 Å². The molecule has 0 saturated carbocycles. The molecule has 7 nitrogen and oxygen atoms in total. The summed E-state index contributed by atoms with van der Waals surface area (Å²) in [5, 5.41) is 10.1. The predicted octanol–water partition coefficient (Wildman–Crippen LogP) is 5.75. The van der Waals surface area contributed by atoms with Crippen LogP contribution in [0.15, 0.2) is 72.8 Å². The van der Waals surface area contributed by atoms with Crippen molar-refractivity contribution in [2.75, 3.05) is 12.4 Å². The summed E-state index contributed by atoms with van der Waals surface area (Å²) in [6.45, 7) is 2.45. The number of aromatic amines is 1. The Balaban J connectivity index is 1.37. The summed E-state index contributed by atoms with van der Waals surface area (Å²) in [6.07, 6.45) is 0.256. The molecule has 4 rings (SSSR count). The molecule has 168 valence electrons. The summed E-state index contributed by atoms with van der Waals surface area (Å²) in [4.78, 5) is 12.5. The lowest BCUT2D eigenvalue weighted by Gasteiger charge is -2.11. The van der Waals surface area contributed by atoms with Crippen LogP contribution in [0.25, 0.3) is 11.4 Å². The molecule has 33 heavy (non-hydrogen) atoms. The van der Waals surface area contributed by atoms with E-state index in [2.05, 4.69) is 15.5 Å². The summed E-state index contributed by atoms with van der Waals surface area (Å²) in [5.41, 5.74) is 2.79. The molecule has 0 atom stereocenters. The highest BCUT2D eigenvalue weighted by molar-refractivity contribution is 7.71. The van der Waals surface area contributed by atoms with Crippen molar-refractivity contribution in [3.63, 3.8) is 0 Å². The van der Waals surface area contributed by atoms with Crippen LogP contribution in [0.1, 0.15) is 12.0 Å². The van der Waals surface area contributed by atoms with E-state index in [0.29, 0.717) is 40.1 Å². The Hall–Kier alpha value is -3.91. The van der Waals surface area contributed by atoms with Crippen molar-refractivity contribution < 1.29 is 14.3 Å². The van der Waals surface area contributed by atoms with E-state index in [-0.39, 0.29) is 12.3 Å². The molecule has 0 saturated heterocycles. The fraction of sp³-hybridized carbons (Fsp3) is 0.160. The lowest BCUT2D eigenvalue weighted by atomic mass is 10.1. The number of hydrogen-bond donors (Lipinski definition) is 2. The third-order valence-corrected chi connectivity index (χ3v) is 5.38. The Morgan fingerprint density at radius 2 is 1.73 bits per heavy atom. The monoisotopic (exact) mass is 460 g/mol. The molecule has 3 aromatic carbocycles. The number of aromatic nitrogens is 3. The zero-order chi connectivity index (χ0) is 23.2. The smallest absolute Gasteiger partial charge is 0.226 e. The number of carbonyl (C=O) groups excluding carboxylic acids is 1. The molecule has 1 heterocycles. The largest absolute Gasteiger partial charge is 0.493 e. The molecule has 0 aliphatic carbocycles. The van der Waals surface area contributed by atoms with Crippen molar-refractivity contribution in [3.05, 3.63) is 83.1 Å². The summed E-state index contributed by atoms with van der Waals surface area (Å²) < 4.78 is 13.5. The lowest BCUT2D eigenvalue weighted by molar-refractivity contribution is -0.116. The molecular weight excluding hydrogens is 436 g/mol. The number of para-hydroxylation sites is 2. The number of benzene rings is 3. The number of carbonyl (C=O) groups is 1. The van der Waals surface area contributed by atoms with Gasteiger partial charge in [-0.25, -0.2) is 0 Å². The molecule has 0 aliphatic heterocycles. The van der Waals surface area contributed by atoms with E-state index in [9.17, 15) is 4.79 Å². The molecule has 0 aliphatic rings. The van der Waals surface area contributed by atoms with Crippen LogP contribution in [0.2, 0.25) is 0 Å². The highest BCUT2D eigenvalue weighted by atomic mass is 32.1. The summed E-state index contributed by atoms with van der Waals surface area (Å²) in [5.74, 6) is 2.51. The highest BCUT2D eigenvalue weighted by Gasteiger charge is 2.11. The molecule has 2 N–H and O–H groups in total. The van der Waals surface area contributed by atoms with E-state index in [4.69, 9.17) is 21.7 Å². The van der Waals surface area contributed by atoms with Crippen molar-refractivity contribution in [3.8, 4) is 28.6 Å². The SMILES string of the molecule is COc1ccccc1Oc1ccc(NC(=O)CCn2c(-c3ccc(C)cc3)n[nH]c2=S)cc1. The molecule has 8 heteroatoms. The third kappa shape index (κ3) is 5.48. The summed E-state index contributed by atoms with van der Waals surface area (Å²) in [7, 11) is 1.60. The van der Waals surface area contributed by atoms with Crippen LogP contribution < -0.4 is 14.8 Å². The average molecular weight is 461 g/mol. The van der Waals surface area contributed by atoms with Gasteiger partial charge < -0.3 is 14.8 Å². The molecule has 0 bridgehead atoms. The van der Waals surface area contributed by atoms with Gasteiger partial charge in [-0.1, -0.05) is 42.0 Å². The van der Waals surface area contributed by atoms with Gasteiger partial charge in [0.15, 0.2) is 22.1 Å². The van der Waals surface area contributed by atoms with Gasteiger partial charge in [-0.15, -0.1) is 0 Å². The van der Waals surface area contributed by atoms with Crippen molar-refractivity contribution in [1.29, 1.82) is 0 Å². The van der Waals surface area contributed by atoms with Crippen molar-refractivity contribution in [1.82, 2.24) is 14.8 Å². The second-order valence-electron chi connectivity index (χ2n) is 7.45. The molecule has 0 spiro atoms. The second-order valence-corrected chi connectivity index (χ2v) is 7.83. The van der Waals surface area contributed by atoms with Gasteiger partial charge >= 0.3 is 0 Å². The first-order valence-corrected chi connectivity index (χ1v) is 10.9. The Bertz CT molecular complexity index is 1290. The van der Waals surface area contributed by atoms with E-state index in [0.717, 1.165) is 11.1 Å². The maximum atomic E-state index is 12.5. The number of ether oxygens (including phenoxy) is 2. The van der Waals surface area contributed by atoms with Crippen LogP contribution in [0.5, 0.6) is 17.2 Å². The van der Waals surface area contributed by atoms with Gasteiger partial charge in [0.1, 0.15) is 5.75 Å². The van der Waals surface area contributed by atoms with Gasteiger partial charge in [-0.05, 0) is 55.5 Å². The van der Waals surface area contributed by atoms with Gasteiger partial charge in [-0.3, -0.25) is 14.5 Å². The van der Waals surface area contributed by atoms with E-state index < -0.39 is 0 Å². The molecule has 4 aromatic rings. The number of rotatable bonds is 8. The Labute approximate surface area is 197 Å². The Morgan fingerprint density at radius 1 is 1.03 bits per heavy atom. The van der Waals surface area contributed by atoms with E-state index >= 15 is 0 Å². The number of methoxy groups -OCH3 is 1. The van der Waals surface area contributed by atoms with Gasteiger partial charge in [0.2, 0.25) is 5.91 Å². The number of H-pyrrole nitrogens is 1. The van der Waals surface area contributed by atoms with Crippen LogP contribution in [0, 0.1) is 11.7 Å². The fourth-order valence-corrected chi connectivity index (χ4v) is 3.54. The number of aryl methyl sites for hydroxylation is 1. The standard InChI is InChI=1S/C25H24N4O3S/c1-17-7-9-18(10-8-17)24-27-28-25(33)29(24)16-15-23(30)26-19-11-13-20(14-12-19)32-22-6-4-3-5-21(22)31-2/h3-14H,15-16H2,1-2H3,(H,26,30)(H,28,33).